The zero-order valence-electron chi connectivity index (χ0n) is 8.28. The molecule has 4 nitrogen and oxygen atoms in total. The van der Waals surface area contributed by atoms with Crippen LogP contribution in [0.5, 0.6) is 0 Å². The van der Waals surface area contributed by atoms with Crippen molar-refractivity contribution in [3.05, 3.63) is 0 Å². The molecule has 0 aliphatic carbocycles. The van der Waals surface area contributed by atoms with Gasteiger partial charge in [-0.25, -0.2) is 4.79 Å². The number of likely N-dealkylation sites (tertiary alicyclic amines) is 2. The third-order valence-electron chi connectivity index (χ3n) is 3.02. The summed E-state index contributed by atoms with van der Waals surface area (Å²) in [5, 5.41) is 8.87. The zero-order chi connectivity index (χ0) is 9.97. The van der Waals surface area contributed by atoms with Gasteiger partial charge in [0.2, 0.25) is 0 Å². The number of nitriles is 1. The van der Waals surface area contributed by atoms with Gasteiger partial charge in [-0.3, -0.25) is 0 Å². The Balaban J connectivity index is 2.00. The molecule has 0 aromatic heterocycles. The van der Waals surface area contributed by atoms with E-state index in [1.807, 2.05) is 4.90 Å². The molecule has 2 fully saturated rings. The average molecular weight is 193 g/mol. The fourth-order valence-corrected chi connectivity index (χ4v) is 2.22. The largest absolute Gasteiger partial charge is 0.325 e. The quantitative estimate of drug-likeness (QED) is 0.580. The van der Waals surface area contributed by atoms with E-state index in [1.165, 1.54) is 0 Å². The van der Waals surface area contributed by atoms with E-state index in [2.05, 4.69) is 6.07 Å². The molecule has 1 atom stereocenters. The topological polar surface area (TPSA) is 47.3 Å². The summed E-state index contributed by atoms with van der Waals surface area (Å²) in [5.41, 5.74) is 0. The van der Waals surface area contributed by atoms with Gasteiger partial charge in [0.15, 0.2) is 0 Å². The summed E-state index contributed by atoms with van der Waals surface area (Å²) in [6.07, 6.45) is 4.03. The smallest absolute Gasteiger partial charge is 0.321 e. The van der Waals surface area contributed by atoms with E-state index in [4.69, 9.17) is 5.26 Å². The molecule has 0 aromatic carbocycles. The lowest BCUT2D eigenvalue weighted by Gasteiger charge is -2.25. The van der Waals surface area contributed by atoms with Crippen LogP contribution in [0.4, 0.5) is 4.79 Å². The summed E-state index contributed by atoms with van der Waals surface area (Å²) in [5.74, 6) is 0. The van der Waals surface area contributed by atoms with E-state index < -0.39 is 0 Å². The molecule has 0 radical (unpaired) electrons. The van der Waals surface area contributed by atoms with Crippen LogP contribution < -0.4 is 0 Å². The Morgan fingerprint density at radius 3 is 2.57 bits per heavy atom. The molecule has 1 unspecified atom stereocenters. The molecule has 76 valence electrons. The van der Waals surface area contributed by atoms with Gasteiger partial charge in [0.05, 0.1) is 6.07 Å². The van der Waals surface area contributed by atoms with Crippen LogP contribution in [0.25, 0.3) is 0 Å². The highest BCUT2D eigenvalue weighted by Gasteiger charge is 2.32. The maximum atomic E-state index is 11.9. The summed E-state index contributed by atoms with van der Waals surface area (Å²) in [6, 6.07) is 2.09. The zero-order valence-corrected chi connectivity index (χ0v) is 8.28. The molecular weight excluding hydrogens is 178 g/mol. The Hall–Kier alpha value is -1.24. The van der Waals surface area contributed by atoms with E-state index in [0.717, 1.165) is 45.3 Å². The molecule has 2 heterocycles. The van der Waals surface area contributed by atoms with E-state index in [0.29, 0.717) is 0 Å². The second-order valence-corrected chi connectivity index (χ2v) is 3.96. The number of hydrogen-bond acceptors (Lipinski definition) is 2. The predicted molar refractivity (Wildman–Crippen MR) is 51.5 cm³/mol. The first-order chi connectivity index (χ1) is 6.83. The van der Waals surface area contributed by atoms with E-state index >= 15 is 0 Å². The maximum Gasteiger partial charge on any atom is 0.321 e. The van der Waals surface area contributed by atoms with E-state index in [1.54, 1.807) is 4.90 Å². The van der Waals surface area contributed by atoms with Crippen molar-refractivity contribution in [3.63, 3.8) is 0 Å². The van der Waals surface area contributed by atoms with Crippen molar-refractivity contribution in [2.75, 3.05) is 19.6 Å². The normalized spacial score (nSPS) is 26.6. The second kappa shape index (κ2) is 3.87. The van der Waals surface area contributed by atoms with Crippen molar-refractivity contribution in [2.45, 2.75) is 31.7 Å². The molecule has 14 heavy (non-hydrogen) atoms. The fourth-order valence-electron chi connectivity index (χ4n) is 2.22. The molecule has 4 heteroatoms. The van der Waals surface area contributed by atoms with Crippen molar-refractivity contribution in [1.29, 1.82) is 5.26 Å². The molecule has 0 aromatic rings. The van der Waals surface area contributed by atoms with Crippen LogP contribution >= 0.6 is 0 Å². The Morgan fingerprint density at radius 2 is 1.93 bits per heavy atom. The third-order valence-corrected chi connectivity index (χ3v) is 3.02. The van der Waals surface area contributed by atoms with Crippen LogP contribution in [-0.4, -0.2) is 41.5 Å². The summed E-state index contributed by atoms with van der Waals surface area (Å²) in [6.45, 7) is 2.49. The molecule has 2 aliphatic rings. The predicted octanol–water partition coefficient (Wildman–Crippen LogP) is 1.19. The summed E-state index contributed by atoms with van der Waals surface area (Å²) >= 11 is 0. The lowest BCUT2D eigenvalue weighted by Crippen LogP contribution is -2.43. The SMILES string of the molecule is N#CC1CCCN1C(=O)N1CCCC1. The summed E-state index contributed by atoms with van der Waals surface area (Å²) in [4.78, 5) is 15.5. The number of carbonyl (C=O) groups excluding carboxylic acids is 1. The Bertz CT molecular complexity index is 265. The lowest BCUT2D eigenvalue weighted by atomic mass is 10.2. The van der Waals surface area contributed by atoms with Gasteiger partial charge in [-0.15, -0.1) is 0 Å². The first kappa shape index (κ1) is 9.32. The minimum atomic E-state index is -0.178. The molecule has 2 aliphatic heterocycles. The highest BCUT2D eigenvalue weighted by molar-refractivity contribution is 5.75. The second-order valence-electron chi connectivity index (χ2n) is 3.96. The van der Waals surface area contributed by atoms with Crippen LogP contribution in [-0.2, 0) is 0 Å². The first-order valence-corrected chi connectivity index (χ1v) is 5.28. The van der Waals surface area contributed by atoms with Crippen molar-refractivity contribution >= 4 is 6.03 Å². The average Bonchev–Trinajstić information content (AvgIpc) is 2.87. The van der Waals surface area contributed by atoms with Gasteiger partial charge in [-0.2, -0.15) is 5.26 Å². The van der Waals surface area contributed by atoms with Crippen LogP contribution in [0.3, 0.4) is 0 Å². The van der Waals surface area contributed by atoms with Gasteiger partial charge in [-0.1, -0.05) is 0 Å². The number of rotatable bonds is 0. The number of carbonyl (C=O) groups is 1. The highest BCUT2D eigenvalue weighted by atomic mass is 16.2. The van der Waals surface area contributed by atoms with Crippen LogP contribution in [0.15, 0.2) is 0 Å². The maximum absolute atomic E-state index is 11.9. The number of hydrogen-bond donors (Lipinski definition) is 0. The third kappa shape index (κ3) is 1.54. The first-order valence-electron chi connectivity index (χ1n) is 5.28. The Labute approximate surface area is 84.1 Å². The van der Waals surface area contributed by atoms with Crippen molar-refractivity contribution in [2.24, 2.45) is 0 Å². The van der Waals surface area contributed by atoms with E-state index in [9.17, 15) is 4.79 Å². The van der Waals surface area contributed by atoms with Crippen LogP contribution in [0.1, 0.15) is 25.7 Å². The molecule has 2 rings (SSSR count). The van der Waals surface area contributed by atoms with Gasteiger partial charge < -0.3 is 9.80 Å². The molecule has 0 saturated carbocycles. The highest BCUT2D eigenvalue weighted by Crippen LogP contribution is 2.20. The number of urea groups is 1. The number of amides is 2. The molecule has 0 N–H and O–H groups in total. The number of nitrogens with zero attached hydrogens (tertiary/aromatic N) is 3. The van der Waals surface area contributed by atoms with E-state index in [-0.39, 0.29) is 12.1 Å². The Morgan fingerprint density at radius 1 is 1.21 bits per heavy atom. The minimum absolute atomic E-state index is 0.0755. The van der Waals surface area contributed by atoms with Gasteiger partial charge in [0.1, 0.15) is 6.04 Å². The summed E-state index contributed by atoms with van der Waals surface area (Å²) < 4.78 is 0. The molecular formula is C10H15N3O. The molecule has 2 saturated heterocycles. The van der Waals surface area contributed by atoms with Crippen molar-refractivity contribution in [1.82, 2.24) is 9.80 Å². The fraction of sp³-hybridized carbons (Fsp3) is 0.800. The van der Waals surface area contributed by atoms with Crippen molar-refractivity contribution in [3.8, 4) is 6.07 Å². The molecule has 2 amide bonds. The van der Waals surface area contributed by atoms with Crippen LogP contribution in [0, 0.1) is 11.3 Å². The standard InChI is InChI=1S/C10H15N3O/c11-8-9-4-3-7-13(9)10(14)12-5-1-2-6-12/h9H,1-7H2. The van der Waals surface area contributed by atoms with Crippen LogP contribution in [0.2, 0.25) is 0 Å². The summed E-state index contributed by atoms with van der Waals surface area (Å²) in [7, 11) is 0. The minimum Gasteiger partial charge on any atom is -0.325 e. The van der Waals surface area contributed by atoms with Gasteiger partial charge in [-0.05, 0) is 25.7 Å². The monoisotopic (exact) mass is 193 g/mol. The van der Waals surface area contributed by atoms with Gasteiger partial charge >= 0.3 is 6.03 Å². The van der Waals surface area contributed by atoms with Gasteiger partial charge in [0.25, 0.3) is 0 Å². The lowest BCUT2D eigenvalue weighted by molar-refractivity contribution is 0.165. The van der Waals surface area contributed by atoms with Crippen molar-refractivity contribution < 1.29 is 4.79 Å². The molecule has 0 spiro atoms. The Kier molecular flexibility index (Phi) is 2.58. The van der Waals surface area contributed by atoms with Gasteiger partial charge in [0, 0.05) is 19.6 Å². The molecule has 0 bridgehead atoms.